The highest BCUT2D eigenvalue weighted by Gasteiger charge is 2.55. The molecule has 1 atom stereocenters. The number of alkyl halides is 3. The average molecular weight is 665 g/mol. The molecule has 0 fully saturated rings. The number of hydrogen-bond donors (Lipinski definition) is 0. The second-order valence-electron chi connectivity index (χ2n) is 13.7. The zero-order valence-electron chi connectivity index (χ0n) is 27.5. The molecule has 8 nitrogen and oxygen atoms in total. The second-order valence-corrected chi connectivity index (χ2v) is 13.7. The summed E-state index contributed by atoms with van der Waals surface area (Å²) in [6.45, 7) is 9.09. The Labute approximate surface area is 280 Å². The van der Waals surface area contributed by atoms with E-state index in [1.807, 2.05) is 13.0 Å². The lowest BCUT2D eigenvalue weighted by atomic mass is 9.74. The number of aryl methyl sites for hydroxylation is 3. The van der Waals surface area contributed by atoms with E-state index in [-0.39, 0.29) is 33.4 Å². The first-order valence-electron chi connectivity index (χ1n) is 15.9. The predicted octanol–water partition coefficient (Wildman–Crippen LogP) is 6.80. The lowest BCUT2D eigenvalue weighted by Crippen LogP contribution is -2.47. The summed E-state index contributed by atoms with van der Waals surface area (Å²) in [5.74, 6) is -2.61. The topological polar surface area (TPSA) is 81.2 Å². The molecule has 0 radical (unpaired) electrons. The Morgan fingerprint density at radius 3 is 1.69 bits per heavy atom. The highest BCUT2D eigenvalue weighted by atomic mass is 19.4. The van der Waals surface area contributed by atoms with Gasteiger partial charge in [0.05, 0.1) is 34.6 Å². The van der Waals surface area contributed by atoms with Crippen LogP contribution < -0.4 is 14.7 Å². The van der Waals surface area contributed by atoms with Gasteiger partial charge in [0.25, 0.3) is 23.6 Å². The maximum atomic E-state index is 15.1. The van der Waals surface area contributed by atoms with Gasteiger partial charge in [-0.05, 0) is 97.5 Å². The highest BCUT2D eigenvalue weighted by Crippen LogP contribution is 2.48. The zero-order chi connectivity index (χ0) is 34.9. The first kappa shape index (κ1) is 30.9. The molecule has 1 unspecified atom stereocenters. The molecule has 0 aromatic heterocycles. The van der Waals surface area contributed by atoms with Crippen LogP contribution in [0.5, 0.6) is 0 Å². The molecule has 4 amide bonds. The van der Waals surface area contributed by atoms with Crippen LogP contribution in [0.1, 0.15) is 87.3 Å². The molecule has 4 aromatic carbocycles. The molecule has 49 heavy (non-hydrogen) atoms. The van der Waals surface area contributed by atoms with E-state index in [1.165, 1.54) is 53.7 Å². The Morgan fingerprint density at radius 2 is 1.10 bits per heavy atom. The van der Waals surface area contributed by atoms with E-state index in [1.54, 1.807) is 6.07 Å². The van der Waals surface area contributed by atoms with Gasteiger partial charge in [0.2, 0.25) is 0 Å². The molecule has 4 aliphatic heterocycles. The molecular weight excluding hydrogens is 633 g/mol. The van der Waals surface area contributed by atoms with Crippen molar-refractivity contribution in [1.29, 1.82) is 0 Å². The van der Waals surface area contributed by atoms with Crippen molar-refractivity contribution in [2.75, 3.05) is 28.4 Å². The SMILES string of the molecule is Cc1cc(C)c2c(c1)CN1CN2Cc2cc(N3C(=O)c4ccc(C(C)(c5ccc6c(c5)C(=O)N(C)C6=O)C(F)(F)F)cc4C3=O)cc(C)c21. The number of rotatable bonds is 3. The summed E-state index contributed by atoms with van der Waals surface area (Å²) >= 11 is 0. The van der Waals surface area contributed by atoms with Gasteiger partial charge >= 0.3 is 6.18 Å². The van der Waals surface area contributed by atoms with E-state index in [2.05, 4.69) is 35.8 Å². The van der Waals surface area contributed by atoms with E-state index in [4.69, 9.17) is 0 Å². The van der Waals surface area contributed by atoms with Crippen molar-refractivity contribution < 1.29 is 32.3 Å². The summed E-state index contributed by atoms with van der Waals surface area (Å²) in [7, 11) is 1.27. The lowest BCUT2D eigenvalue weighted by Gasteiger charge is -2.46. The summed E-state index contributed by atoms with van der Waals surface area (Å²) in [6, 6.07) is 15.1. The van der Waals surface area contributed by atoms with Crippen LogP contribution in [0, 0.1) is 20.8 Å². The van der Waals surface area contributed by atoms with Crippen molar-refractivity contribution in [2.24, 2.45) is 0 Å². The number of amides is 4. The molecule has 11 heteroatoms. The number of carbonyl (C=O) groups excluding carboxylic acids is 4. The third-order valence-corrected chi connectivity index (χ3v) is 10.5. The Morgan fingerprint density at radius 1 is 0.612 bits per heavy atom. The van der Waals surface area contributed by atoms with E-state index < -0.39 is 35.2 Å². The molecule has 0 aliphatic carbocycles. The molecule has 4 aliphatic rings. The molecule has 0 saturated carbocycles. The van der Waals surface area contributed by atoms with Gasteiger partial charge in [-0.25, -0.2) is 4.90 Å². The third kappa shape index (κ3) is 4.17. The molecule has 0 spiro atoms. The van der Waals surface area contributed by atoms with Crippen molar-refractivity contribution in [3.63, 3.8) is 0 Å². The fourth-order valence-corrected chi connectivity index (χ4v) is 8.12. The number of hydrogen-bond acceptors (Lipinski definition) is 6. The molecule has 2 bridgehead atoms. The van der Waals surface area contributed by atoms with Crippen LogP contribution >= 0.6 is 0 Å². The van der Waals surface area contributed by atoms with Gasteiger partial charge < -0.3 is 9.80 Å². The van der Waals surface area contributed by atoms with Gasteiger partial charge in [-0.2, -0.15) is 13.2 Å². The van der Waals surface area contributed by atoms with Crippen molar-refractivity contribution in [3.05, 3.63) is 122 Å². The molecule has 8 rings (SSSR count). The van der Waals surface area contributed by atoms with Gasteiger partial charge in [-0.1, -0.05) is 29.8 Å². The minimum absolute atomic E-state index is 0.00860. The predicted molar refractivity (Wildman–Crippen MR) is 177 cm³/mol. The van der Waals surface area contributed by atoms with Crippen molar-refractivity contribution in [3.8, 4) is 0 Å². The van der Waals surface area contributed by atoms with Gasteiger partial charge in [-0.3, -0.25) is 24.1 Å². The Hall–Kier alpha value is -5.45. The van der Waals surface area contributed by atoms with E-state index in [0.717, 1.165) is 52.2 Å². The van der Waals surface area contributed by atoms with Crippen LogP contribution in [0.3, 0.4) is 0 Å². The molecule has 0 N–H and O–H groups in total. The minimum Gasteiger partial charge on any atom is -0.349 e. The fraction of sp³-hybridized carbons (Fsp3) is 0.263. The van der Waals surface area contributed by atoms with E-state index >= 15 is 13.2 Å². The molecular formula is C38H31F3N4O4. The van der Waals surface area contributed by atoms with Gasteiger partial charge in [-0.15, -0.1) is 0 Å². The van der Waals surface area contributed by atoms with Gasteiger partial charge in [0.1, 0.15) is 5.41 Å². The molecule has 0 saturated heterocycles. The number of nitrogens with zero attached hydrogens (tertiary/aromatic N) is 4. The molecule has 4 aromatic rings. The van der Waals surface area contributed by atoms with E-state index in [9.17, 15) is 19.2 Å². The average Bonchev–Trinajstić information content (AvgIpc) is 3.41. The Balaban J connectivity index is 1.17. The normalized spacial score (nSPS) is 17.7. The van der Waals surface area contributed by atoms with Crippen LogP contribution in [0.25, 0.3) is 0 Å². The number of benzene rings is 4. The first-order chi connectivity index (χ1) is 23.1. The Kier molecular flexibility index (Phi) is 6.32. The van der Waals surface area contributed by atoms with Crippen LogP contribution in [-0.2, 0) is 18.5 Å². The van der Waals surface area contributed by atoms with E-state index in [0.29, 0.717) is 18.9 Å². The summed E-state index contributed by atoms with van der Waals surface area (Å²) < 4.78 is 45.2. The summed E-state index contributed by atoms with van der Waals surface area (Å²) in [5, 5.41) is 0. The maximum absolute atomic E-state index is 15.1. The van der Waals surface area contributed by atoms with Crippen molar-refractivity contribution in [2.45, 2.75) is 52.4 Å². The minimum atomic E-state index is -4.87. The van der Waals surface area contributed by atoms with Crippen LogP contribution in [-0.4, -0.2) is 48.4 Å². The van der Waals surface area contributed by atoms with Crippen molar-refractivity contribution >= 4 is 40.7 Å². The van der Waals surface area contributed by atoms with Gasteiger partial charge in [0, 0.05) is 31.5 Å². The number of imide groups is 2. The number of fused-ring (bicyclic) bond motifs is 8. The number of halogens is 3. The number of anilines is 3. The maximum Gasteiger partial charge on any atom is 0.402 e. The summed E-state index contributed by atoms with van der Waals surface area (Å²) in [6.07, 6.45) is -4.87. The fourth-order valence-electron chi connectivity index (χ4n) is 8.12. The van der Waals surface area contributed by atoms with Crippen LogP contribution in [0.15, 0.2) is 60.7 Å². The third-order valence-electron chi connectivity index (χ3n) is 10.5. The second kappa shape index (κ2) is 10.0. The largest absolute Gasteiger partial charge is 0.402 e. The lowest BCUT2D eigenvalue weighted by molar-refractivity contribution is -0.173. The standard InChI is InChI=1S/C38H31F3N4O4/c1-19-10-20(2)31-22(11-19)16-43-18-44(31)17-23-13-26(12-21(3)32(23)43)45-35(48)28-9-7-25(15-30(28)36(45)49)37(4,38(39,40)41)24-6-8-27-29(14-24)34(47)42(5)33(27)46/h6-15H,16-18H2,1-5H3. The van der Waals surface area contributed by atoms with Crippen LogP contribution in [0.4, 0.5) is 30.2 Å². The quantitative estimate of drug-likeness (QED) is 0.224. The van der Waals surface area contributed by atoms with Crippen LogP contribution in [0.2, 0.25) is 0 Å². The first-order valence-corrected chi connectivity index (χ1v) is 15.9. The molecule has 248 valence electrons. The molecule has 4 heterocycles. The number of carbonyl (C=O) groups is 4. The monoisotopic (exact) mass is 664 g/mol. The Bertz CT molecular complexity index is 2230. The summed E-state index contributed by atoms with van der Waals surface area (Å²) in [4.78, 5) is 59.3. The smallest absolute Gasteiger partial charge is 0.349 e. The van der Waals surface area contributed by atoms with Crippen molar-refractivity contribution in [1.82, 2.24) is 4.90 Å². The van der Waals surface area contributed by atoms with Gasteiger partial charge in [0.15, 0.2) is 0 Å². The zero-order valence-corrected chi connectivity index (χ0v) is 27.5. The summed E-state index contributed by atoms with van der Waals surface area (Å²) in [5.41, 5.74) is 4.61. The highest BCUT2D eigenvalue weighted by molar-refractivity contribution is 6.34.